The minimum Gasteiger partial charge on any atom is -0.369 e. The van der Waals surface area contributed by atoms with E-state index in [9.17, 15) is 18.5 Å². The number of rotatable bonds is 7. The Kier molecular flexibility index (Phi) is 5.94. The lowest BCUT2D eigenvalue weighted by atomic mass is 10.0. The first kappa shape index (κ1) is 21.6. The Labute approximate surface area is 182 Å². The van der Waals surface area contributed by atoms with Crippen LogP contribution in [0.15, 0.2) is 35.4 Å². The van der Waals surface area contributed by atoms with Gasteiger partial charge in [-0.3, -0.25) is 10.1 Å². The minimum absolute atomic E-state index is 0.0476. The van der Waals surface area contributed by atoms with Gasteiger partial charge in [-0.1, -0.05) is 6.92 Å². The van der Waals surface area contributed by atoms with Crippen molar-refractivity contribution in [3.8, 4) is 0 Å². The zero-order valence-corrected chi connectivity index (χ0v) is 18.5. The monoisotopic (exact) mass is 445 g/mol. The second kappa shape index (κ2) is 8.51. The van der Waals surface area contributed by atoms with Crippen molar-refractivity contribution in [3.63, 3.8) is 0 Å². The van der Waals surface area contributed by atoms with Crippen LogP contribution in [0, 0.1) is 28.9 Å². The van der Waals surface area contributed by atoms with Gasteiger partial charge in [-0.25, -0.2) is 18.4 Å². The van der Waals surface area contributed by atoms with Crippen molar-refractivity contribution in [2.45, 2.75) is 50.5 Å². The molecule has 166 valence electrons. The lowest BCUT2D eigenvalue weighted by molar-refractivity contribution is -0.384. The molecule has 2 aliphatic rings. The molecule has 1 aliphatic carbocycles. The minimum atomic E-state index is -3.78. The Bertz CT molecular complexity index is 1090. The van der Waals surface area contributed by atoms with Gasteiger partial charge in [0.1, 0.15) is 5.69 Å². The quantitative estimate of drug-likeness (QED) is 0.510. The molecule has 1 aromatic heterocycles. The fourth-order valence-corrected chi connectivity index (χ4v) is 5.69. The first-order valence-electron chi connectivity index (χ1n) is 10.6. The van der Waals surface area contributed by atoms with E-state index < -0.39 is 14.9 Å². The van der Waals surface area contributed by atoms with E-state index >= 15 is 0 Å². The van der Waals surface area contributed by atoms with Crippen molar-refractivity contribution in [1.82, 2.24) is 14.3 Å². The number of anilines is 1. The summed E-state index contributed by atoms with van der Waals surface area (Å²) in [4.78, 5) is 20.1. The lowest BCUT2D eigenvalue weighted by Gasteiger charge is -2.30. The fourth-order valence-electron chi connectivity index (χ4n) is 4.07. The summed E-state index contributed by atoms with van der Waals surface area (Å²) in [6, 6.07) is 5.65. The molecule has 1 aromatic carbocycles. The Hall–Kier alpha value is -2.59. The van der Waals surface area contributed by atoms with Crippen LogP contribution in [0.5, 0.6) is 0 Å². The largest absolute Gasteiger partial charge is 0.369 e. The molecule has 1 saturated heterocycles. The molecule has 2 fully saturated rings. The van der Waals surface area contributed by atoms with E-state index in [0.29, 0.717) is 24.8 Å². The standard InChI is InChI=1S/C21H27N5O4S/c1-14-4-3-11-25(13-14)31(29,30)17-7-8-18(19(12-17)26(27)28)24-20(16-5-6-16)21-22-10-9-15(2)23-21/h7-10,12,14,16,20,24H,3-6,11,13H2,1-2H3. The maximum atomic E-state index is 13.1. The topological polar surface area (TPSA) is 118 Å². The molecule has 9 nitrogen and oxygen atoms in total. The van der Waals surface area contributed by atoms with E-state index in [1.807, 2.05) is 13.8 Å². The zero-order chi connectivity index (χ0) is 22.2. The molecular weight excluding hydrogens is 418 g/mol. The number of benzene rings is 1. The molecule has 2 aromatic rings. The fraction of sp³-hybridized carbons (Fsp3) is 0.524. The number of aromatic nitrogens is 2. The number of nitro groups is 1. The SMILES string of the molecule is Cc1ccnc(C(Nc2ccc(S(=O)(=O)N3CCCC(C)C3)cc2[N+](=O)[O-])C2CC2)n1. The zero-order valence-electron chi connectivity index (χ0n) is 17.7. The third-order valence-corrected chi connectivity index (χ3v) is 7.78. The van der Waals surface area contributed by atoms with E-state index in [1.165, 1.54) is 16.4 Å². The van der Waals surface area contributed by atoms with Crippen LogP contribution in [-0.4, -0.2) is 40.7 Å². The number of hydrogen-bond donors (Lipinski definition) is 1. The molecular formula is C21H27N5O4S. The maximum absolute atomic E-state index is 13.1. The first-order chi connectivity index (χ1) is 14.8. The average molecular weight is 446 g/mol. The van der Waals surface area contributed by atoms with Crippen LogP contribution in [0.1, 0.15) is 50.2 Å². The predicted molar refractivity (Wildman–Crippen MR) is 116 cm³/mol. The van der Waals surface area contributed by atoms with Gasteiger partial charge in [0, 0.05) is 31.0 Å². The van der Waals surface area contributed by atoms with E-state index in [4.69, 9.17) is 0 Å². The van der Waals surface area contributed by atoms with Gasteiger partial charge in [-0.15, -0.1) is 0 Å². The van der Waals surface area contributed by atoms with Crippen LogP contribution in [0.2, 0.25) is 0 Å². The number of nitro benzene ring substituents is 1. The van der Waals surface area contributed by atoms with Crippen molar-refractivity contribution in [2.24, 2.45) is 11.8 Å². The molecule has 0 amide bonds. The number of aryl methyl sites for hydroxylation is 1. The summed E-state index contributed by atoms with van der Waals surface area (Å²) in [5.74, 6) is 1.16. The van der Waals surface area contributed by atoms with Gasteiger partial charge in [-0.05, 0) is 62.6 Å². The summed E-state index contributed by atoms with van der Waals surface area (Å²) in [5, 5.41) is 15.0. The second-order valence-corrected chi connectivity index (χ2v) is 10.5. The van der Waals surface area contributed by atoms with Gasteiger partial charge in [0.2, 0.25) is 10.0 Å². The highest BCUT2D eigenvalue weighted by Gasteiger charge is 2.36. The maximum Gasteiger partial charge on any atom is 0.293 e. The van der Waals surface area contributed by atoms with Crippen molar-refractivity contribution in [1.29, 1.82) is 0 Å². The summed E-state index contributed by atoms with van der Waals surface area (Å²) < 4.78 is 27.6. The molecule has 10 heteroatoms. The third kappa shape index (κ3) is 4.69. The van der Waals surface area contributed by atoms with Crippen molar-refractivity contribution >= 4 is 21.4 Å². The van der Waals surface area contributed by atoms with E-state index in [0.717, 1.165) is 37.4 Å². The number of nitrogens with zero attached hydrogens (tertiary/aromatic N) is 4. The summed E-state index contributed by atoms with van der Waals surface area (Å²) >= 11 is 0. The van der Waals surface area contributed by atoms with Gasteiger partial charge < -0.3 is 5.32 Å². The Balaban J connectivity index is 1.65. The van der Waals surface area contributed by atoms with Gasteiger partial charge >= 0.3 is 0 Å². The van der Waals surface area contributed by atoms with Crippen LogP contribution in [0.3, 0.4) is 0 Å². The molecule has 1 N–H and O–H groups in total. The molecule has 0 radical (unpaired) electrons. The second-order valence-electron chi connectivity index (χ2n) is 8.56. The normalized spacial score (nSPS) is 20.9. The predicted octanol–water partition coefficient (Wildman–Crippen LogP) is 3.68. The van der Waals surface area contributed by atoms with Crippen molar-refractivity contribution in [2.75, 3.05) is 18.4 Å². The van der Waals surface area contributed by atoms with Crippen LogP contribution in [0.4, 0.5) is 11.4 Å². The third-order valence-electron chi connectivity index (χ3n) is 5.92. The molecule has 1 aliphatic heterocycles. The summed E-state index contributed by atoms with van der Waals surface area (Å²) in [5.41, 5.74) is 0.839. The van der Waals surface area contributed by atoms with Crippen LogP contribution in [0.25, 0.3) is 0 Å². The van der Waals surface area contributed by atoms with E-state index in [-0.39, 0.29) is 28.2 Å². The molecule has 0 bridgehead atoms. The van der Waals surface area contributed by atoms with Crippen LogP contribution < -0.4 is 5.32 Å². The first-order valence-corrected chi connectivity index (χ1v) is 12.0. The average Bonchev–Trinajstić information content (AvgIpc) is 3.57. The molecule has 2 atom stereocenters. The number of piperidine rings is 1. The van der Waals surface area contributed by atoms with E-state index in [2.05, 4.69) is 15.3 Å². The van der Waals surface area contributed by atoms with Gasteiger partial charge in [0.25, 0.3) is 5.69 Å². The molecule has 2 unspecified atom stereocenters. The summed E-state index contributed by atoms with van der Waals surface area (Å²) in [7, 11) is -3.78. The molecule has 1 saturated carbocycles. The Morgan fingerprint density at radius 3 is 2.68 bits per heavy atom. The highest BCUT2D eigenvalue weighted by Crippen LogP contribution is 2.43. The number of nitrogens with one attached hydrogen (secondary N) is 1. The summed E-state index contributed by atoms with van der Waals surface area (Å²) in [6.07, 6.45) is 5.43. The van der Waals surface area contributed by atoms with Crippen LogP contribution in [-0.2, 0) is 10.0 Å². The molecule has 4 rings (SSSR count). The Morgan fingerprint density at radius 2 is 2.03 bits per heavy atom. The van der Waals surface area contributed by atoms with Gasteiger partial charge in [0.15, 0.2) is 5.82 Å². The number of hydrogen-bond acceptors (Lipinski definition) is 7. The van der Waals surface area contributed by atoms with Gasteiger partial charge in [0.05, 0.1) is 15.9 Å². The lowest BCUT2D eigenvalue weighted by Crippen LogP contribution is -2.39. The van der Waals surface area contributed by atoms with E-state index in [1.54, 1.807) is 12.3 Å². The van der Waals surface area contributed by atoms with Crippen molar-refractivity contribution < 1.29 is 13.3 Å². The smallest absolute Gasteiger partial charge is 0.293 e. The van der Waals surface area contributed by atoms with Gasteiger partial charge in [-0.2, -0.15) is 4.31 Å². The van der Waals surface area contributed by atoms with Crippen LogP contribution >= 0.6 is 0 Å². The molecule has 0 spiro atoms. The molecule has 31 heavy (non-hydrogen) atoms. The summed E-state index contributed by atoms with van der Waals surface area (Å²) in [6.45, 7) is 4.76. The highest BCUT2D eigenvalue weighted by molar-refractivity contribution is 7.89. The highest BCUT2D eigenvalue weighted by atomic mass is 32.2. The molecule has 2 heterocycles. The number of sulfonamides is 1. The Morgan fingerprint density at radius 1 is 1.26 bits per heavy atom. The van der Waals surface area contributed by atoms with Crippen molar-refractivity contribution in [3.05, 3.63) is 52.1 Å².